The fourth-order valence-corrected chi connectivity index (χ4v) is 3.42. The molecule has 0 unspecified atom stereocenters. The molecule has 1 aromatic heterocycles. The molecular formula is C22H28BN5O6. The molecule has 0 aliphatic carbocycles. The number of rotatable bonds is 12. The minimum Gasteiger partial charge on any atom is -0.739 e. The van der Waals surface area contributed by atoms with Crippen LogP contribution in [-0.2, 0) is 16.0 Å². The summed E-state index contributed by atoms with van der Waals surface area (Å²) in [6.45, 7) is 0.739. The minimum absolute atomic E-state index is 0.0428. The molecular weight excluding hydrogens is 441 g/mol. The van der Waals surface area contributed by atoms with Crippen molar-refractivity contribution in [3.63, 3.8) is 0 Å². The molecule has 0 aliphatic rings. The number of carbonyl (C=O) groups is 1. The van der Waals surface area contributed by atoms with E-state index in [2.05, 4.69) is 10.4 Å². The lowest BCUT2D eigenvalue weighted by Crippen LogP contribution is -2.44. The van der Waals surface area contributed by atoms with E-state index in [0.717, 1.165) is 24.8 Å². The number of para-hydroxylation sites is 2. The van der Waals surface area contributed by atoms with Gasteiger partial charge in [-0.1, -0.05) is 42.8 Å². The smallest absolute Gasteiger partial charge is 0.488 e. The topological polar surface area (TPSA) is 172 Å². The number of ether oxygens (including phenoxy) is 1. The number of carbonyl (C=O) groups excluding carboxylic acids is 1. The van der Waals surface area contributed by atoms with E-state index in [0.29, 0.717) is 28.0 Å². The van der Waals surface area contributed by atoms with Crippen LogP contribution in [-0.4, -0.2) is 47.4 Å². The number of esters is 1. The van der Waals surface area contributed by atoms with Crippen molar-refractivity contribution in [2.45, 2.75) is 38.1 Å². The Bertz CT molecular complexity index is 1100. The van der Waals surface area contributed by atoms with E-state index in [-0.39, 0.29) is 30.0 Å². The van der Waals surface area contributed by atoms with Crippen molar-refractivity contribution < 1.29 is 29.2 Å². The summed E-state index contributed by atoms with van der Waals surface area (Å²) < 4.78 is 5.84. The summed E-state index contributed by atoms with van der Waals surface area (Å²) in [6.07, 6.45) is 3.37. The van der Waals surface area contributed by atoms with Crippen LogP contribution in [0.1, 0.15) is 31.2 Å². The zero-order valence-electron chi connectivity index (χ0n) is 18.7. The fraction of sp³-hybridized carbons (Fsp3) is 0.364. The second-order valence-electron chi connectivity index (χ2n) is 7.91. The number of benzene rings is 2. The first kappa shape index (κ1) is 25.2. The van der Waals surface area contributed by atoms with Crippen molar-refractivity contribution in [3.8, 4) is 0 Å². The molecule has 180 valence electrons. The van der Waals surface area contributed by atoms with E-state index in [1.807, 2.05) is 0 Å². The first-order valence-electron chi connectivity index (χ1n) is 11.1. The third kappa shape index (κ3) is 6.76. The lowest BCUT2D eigenvalue weighted by Gasteiger charge is -2.12. The number of nitrogens with zero attached hydrogens (tertiary/aromatic N) is 3. The predicted molar refractivity (Wildman–Crippen MR) is 126 cm³/mol. The number of aromatic nitrogens is 3. The number of unbranched alkanes of at least 4 members (excludes halogenated alkanes) is 3. The van der Waals surface area contributed by atoms with Gasteiger partial charge in [0.1, 0.15) is 6.04 Å². The first-order valence-corrected chi connectivity index (χ1v) is 11.1. The highest BCUT2D eigenvalue weighted by Gasteiger charge is 2.19. The normalized spacial score (nSPS) is 11.9. The zero-order valence-corrected chi connectivity index (χ0v) is 18.7. The lowest BCUT2D eigenvalue weighted by molar-refractivity contribution is -0.672. The molecule has 0 saturated heterocycles. The largest absolute Gasteiger partial charge is 0.739 e. The number of hydrogen-bond acceptors (Lipinski definition) is 9. The van der Waals surface area contributed by atoms with E-state index in [1.54, 1.807) is 42.5 Å². The Hall–Kier alpha value is -3.48. The number of hydrogen-bond donors (Lipinski definition) is 4. The zero-order chi connectivity index (χ0) is 24.5. The molecule has 0 amide bonds. The molecule has 0 radical (unpaired) electrons. The van der Waals surface area contributed by atoms with Crippen LogP contribution in [0.2, 0.25) is 0 Å². The third-order valence-corrected chi connectivity index (χ3v) is 5.32. The van der Waals surface area contributed by atoms with E-state index >= 15 is 0 Å². The van der Waals surface area contributed by atoms with Gasteiger partial charge in [-0.2, -0.15) is 0 Å². The molecule has 0 saturated carbocycles. The van der Waals surface area contributed by atoms with Gasteiger partial charge in [-0.05, 0) is 42.8 Å². The van der Waals surface area contributed by atoms with Gasteiger partial charge in [-0.15, -0.1) is 0 Å². The van der Waals surface area contributed by atoms with Gasteiger partial charge in [0.25, 0.3) is 5.52 Å². The second kappa shape index (κ2) is 12.1. The summed E-state index contributed by atoms with van der Waals surface area (Å²) in [5.74, 6) is -0.528. The highest BCUT2D eigenvalue weighted by atomic mass is 16.5. The van der Waals surface area contributed by atoms with E-state index < -0.39 is 19.1 Å². The molecule has 12 heteroatoms. The van der Waals surface area contributed by atoms with Crippen LogP contribution in [0.5, 0.6) is 0 Å². The molecule has 2 aromatic carbocycles. The maximum atomic E-state index is 12.3. The maximum absolute atomic E-state index is 12.3. The number of fused-ring (bicyclic) bond motifs is 1. The molecule has 1 atom stereocenters. The third-order valence-electron chi connectivity index (χ3n) is 5.32. The summed E-state index contributed by atoms with van der Waals surface area (Å²) in [7, 11) is -1.54. The predicted octanol–water partition coefficient (Wildman–Crippen LogP) is -0.733. The van der Waals surface area contributed by atoms with Crippen LogP contribution in [0.4, 0.5) is 5.95 Å². The van der Waals surface area contributed by atoms with Gasteiger partial charge in [0.05, 0.1) is 13.2 Å². The van der Waals surface area contributed by atoms with Crippen molar-refractivity contribution in [1.82, 2.24) is 5.10 Å². The maximum Gasteiger partial charge on any atom is 0.488 e. The van der Waals surface area contributed by atoms with Crippen LogP contribution in [0, 0.1) is 10.4 Å². The minimum atomic E-state index is -1.54. The van der Waals surface area contributed by atoms with Crippen LogP contribution in [0.15, 0.2) is 48.5 Å². The fourth-order valence-electron chi connectivity index (χ4n) is 3.42. The van der Waals surface area contributed by atoms with Gasteiger partial charge in [0.15, 0.2) is 5.52 Å². The molecule has 3 rings (SSSR count). The van der Waals surface area contributed by atoms with Crippen molar-refractivity contribution >= 4 is 35.5 Å². The SMILES string of the molecule is N[C@@H](Cc1ccc(B(O)O)cc1)C(=O)OCCCCCCNc1n[n+]([O-])c2ccccc2[n+]1[O-]. The summed E-state index contributed by atoms with van der Waals surface area (Å²) >= 11 is 0. The summed E-state index contributed by atoms with van der Waals surface area (Å²) in [6, 6.07) is 12.2. The molecule has 11 nitrogen and oxygen atoms in total. The Morgan fingerprint density at radius 1 is 1.06 bits per heavy atom. The van der Waals surface area contributed by atoms with Crippen LogP contribution in [0.25, 0.3) is 11.0 Å². The molecule has 0 fully saturated rings. The van der Waals surface area contributed by atoms with Crippen LogP contribution >= 0.6 is 0 Å². The van der Waals surface area contributed by atoms with E-state index in [9.17, 15) is 15.2 Å². The van der Waals surface area contributed by atoms with Crippen molar-refractivity contribution in [2.24, 2.45) is 5.73 Å². The average molecular weight is 469 g/mol. The highest BCUT2D eigenvalue weighted by molar-refractivity contribution is 6.58. The Balaban J connectivity index is 1.30. The van der Waals surface area contributed by atoms with Gasteiger partial charge >= 0.3 is 19.0 Å². The highest BCUT2D eigenvalue weighted by Crippen LogP contribution is 2.07. The van der Waals surface area contributed by atoms with Crippen LogP contribution in [0.3, 0.4) is 0 Å². The summed E-state index contributed by atoms with van der Waals surface area (Å²) in [5, 5.41) is 49.1. The standard InChI is InChI=1S/C22H28BN5O6/c24-18(15-16-9-11-17(12-10-16)23(30)31)21(29)34-14-6-2-1-5-13-25-22-26-28(33)20-8-4-3-7-19(20)27(22)32/h3-4,7-12,18,30-31H,1-2,5-6,13-15,24H2,(H,25,26)/t18-/m0/s1. The van der Waals surface area contributed by atoms with Crippen molar-refractivity contribution in [2.75, 3.05) is 18.5 Å². The summed E-state index contributed by atoms with van der Waals surface area (Å²) in [5.41, 5.74) is 7.51. The number of nitrogens with one attached hydrogen (secondary N) is 1. The summed E-state index contributed by atoms with van der Waals surface area (Å²) in [4.78, 5) is 12.5. The molecule has 5 N–H and O–H groups in total. The monoisotopic (exact) mass is 469 g/mol. The molecule has 0 spiro atoms. The molecule has 3 aromatic rings. The Morgan fingerprint density at radius 2 is 1.74 bits per heavy atom. The van der Waals surface area contributed by atoms with Gasteiger partial charge in [0, 0.05) is 10.9 Å². The van der Waals surface area contributed by atoms with Crippen molar-refractivity contribution in [3.05, 3.63) is 64.5 Å². The number of anilines is 1. The molecule has 34 heavy (non-hydrogen) atoms. The van der Waals surface area contributed by atoms with Gasteiger partial charge in [-0.25, -0.2) is 4.73 Å². The van der Waals surface area contributed by atoms with Gasteiger partial charge in [0.2, 0.25) is 5.10 Å². The molecule has 0 bridgehead atoms. The average Bonchev–Trinajstić information content (AvgIpc) is 2.83. The van der Waals surface area contributed by atoms with Gasteiger partial charge in [-0.3, -0.25) is 10.1 Å². The van der Waals surface area contributed by atoms with Crippen LogP contribution < -0.4 is 26.1 Å². The quantitative estimate of drug-likeness (QED) is 0.0877. The molecule has 0 aliphatic heterocycles. The molecule has 1 heterocycles. The Morgan fingerprint density at radius 3 is 2.44 bits per heavy atom. The lowest BCUT2D eigenvalue weighted by atomic mass is 9.80. The second-order valence-corrected chi connectivity index (χ2v) is 7.91. The van der Waals surface area contributed by atoms with Gasteiger partial charge < -0.3 is 30.9 Å². The van der Waals surface area contributed by atoms with E-state index in [1.165, 1.54) is 6.07 Å². The Labute approximate surface area is 197 Å². The number of nitrogens with two attached hydrogens (primary N) is 1. The van der Waals surface area contributed by atoms with Crippen molar-refractivity contribution in [1.29, 1.82) is 0 Å². The first-order chi connectivity index (χ1) is 16.4. The Kier molecular flexibility index (Phi) is 8.97. The van der Waals surface area contributed by atoms with E-state index in [4.69, 9.17) is 20.5 Å².